The number of carbonyl (C=O) groups is 1. The minimum absolute atomic E-state index is 0. The highest BCUT2D eigenvalue weighted by Gasteiger charge is 2.35. The summed E-state index contributed by atoms with van der Waals surface area (Å²) in [5.74, 6) is -0.0641. The van der Waals surface area contributed by atoms with Gasteiger partial charge in [0.15, 0.2) is 0 Å². The number of piperidine rings is 1. The molecule has 0 aromatic heterocycles. The van der Waals surface area contributed by atoms with Gasteiger partial charge < -0.3 is 10.1 Å². The van der Waals surface area contributed by atoms with Gasteiger partial charge in [-0.15, -0.1) is 12.4 Å². The van der Waals surface area contributed by atoms with Crippen molar-refractivity contribution in [2.75, 3.05) is 32.7 Å². The van der Waals surface area contributed by atoms with Gasteiger partial charge in [0, 0.05) is 32.7 Å². The Balaban J connectivity index is 0.00000200. The zero-order valence-electron chi connectivity index (χ0n) is 12.9. The van der Waals surface area contributed by atoms with Crippen LogP contribution in [0.4, 0.5) is 0 Å². The molecule has 2 saturated heterocycles. The van der Waals surface area contributed by atoms with Crippen molar-refractivity contribution < 1.29 is 9.53 Å². The Morgan fingerprint density at radius 1 is 1.15 bits per heavy atom. The molecule has 0 radical (unpaired) electrons. The summed E-state index contributed by atoms with van der Waals surface area (Å²) in [4.78, 5) is 12.4. The third-order valence-electron chi connectivity index (χ3n) is 3.61. The van der Waals surface area contributed by atoms with Gasteiger partial charge in [-0.25, -0.2) is 10.0 Å². The molecule has 0 aromatic carbocycles. The molecular formula is C14H28ClN3O2. The van der Waals surface area contributed by atoms with Crippen LogP contribution in [0.1, 0.15) is 40.0 Å². The van der Waals surface area contributed by atoms with Gasteiger partial charge in [0.05, 0.1) is 0 Å². The number of hydrogen-bond acceptors (Lipinski definition) is 5. The molecule has 1 atom stereocenters. The number of hydrogen-bond donors (Lipinski definition) is 1. The lowest BCUT2D eigenvalue weighted by Gasteiger charge is -2.44. The lowest BCUT2D eigenvalue weighted by atomic mass is 10.0. The van der Waals surface area contributed by atoms with Crippen LogP contribution in [0.2, 0.25) is 0 Å². The molecule has 0 aromatic rings. The summed E-state index contributed by atoms with van der Waals surface area (Å²) in [6.07, 6.45) is 3.20. The Morgan fingerprint density at radius 3 is 2.40 bits per heavy atom. The van der Waals surface area contributed by atoms with E-state index in [2.05, 4.69) is 15.3 Å². The zero-order chi connectivity index (χ0) is 13.9. The van der Waals surface area contributed by atoms with Crippen molar-refractivity contribution in [1.82, 2.24) is 15.3 Å². The Kier molecular flexibility index (Phi) is 6.72. The normalized spacial score (nSPS) is 25.9. The third-order valence-corrected chi connectivity index (χ3v) is 3.61. The van der Waals surface area contributed by atoms with Gasteiger partial charge in [0.25, 0.3) is 0 Å². The second-order valence-corrected chi connectivity index (χ2v) is 6.41. The SMILES string of the molecule is CC(C)(C)OC(=O)C1CCCCN1N1CCNCC1.Cl. The molecule has 0 saturated carbocycles. The summed E-state index contributed by atoms with van der Waals surface area (Å²) < 4.78 is 5.58. The molecule has 2 aliphatic rings. The van der Waals surface area contributed by atoms with Crippen molar-refractivity contribution in [1.29, 1.82) is 0 Å². The van der Waals surface area contributed by atoms with E-state index in [-0.39, 0.29) is 24.4 Å². The highest BCUT2D eigenvalue weighted by molar-refractivity contribution is 5.85. The number of ether oxygens (including phenoxy) is 1. The maximum absolute atomic E-state index is 12.4. The van der Waals surface area contributed by atoms with Crippen molar-refractivity contribution in [3.8, 4) is 0 Å². The Labute approximate surface area is 128 Å². The Morgan fingerprint density at radius 2 is 1.80 bits per heavy atom. The number of hydrazine groups is 1. The van der Waals surface area contributed by atoms with Gasteiger partial charge in [0.1, 0.15) is 11.6 Å². The van der Waals surface area contributed by atoms with E-state index < -0.39 is 5.60 Å². The molecule has 1 unspecified atom stereocenters. The molecule has 0 spiro atoms. The molecule has 6 heteroatoms. The van der Waals surface area contributed by atoms with Gasteiger partial charge in [-0.2, -0.15) is 0 Å². The van der Waals surface area contributed by atoms with Crippen LogP contribution in [-0.4, -0.2) is 60.4 Å². The molecule has 2 rings (SSSR count). The molecule has 0 aliphatic carbocycles. The van der Waals surface area contributed by atoms with Gasteiger partial charge in [0.2, 0.25) is 0 Å². The van der Waals surface area contributed by atoms with E-state index in [1.54, 1.807) is 0 Å². The fourth-order valence-electron chi connectivity index (χ4n) is 2.77. The van der Waals surface area contributed by atoms with Crippen LogP contribution >= 0.6 is 12.4 Å². The minimum atomic E-state index is -0.399. The second-order valence-electron chi connectivity index (χ2n) is 6.41. The summed E-state index contributed by atoms with van der Waals surface area (Å²) in [6.45, 7) is 10.7. The van der Waals surface area contributed by atoms with E-state index in [9.17, 15) is 4.79 Å². The highest BCUT2D eigenvalue weighted by Crippen LogP contribution is 2.22. The molecular weight excluding hydrogens is 278 g/mol. The van der Waals surface area contributed by atoms with Crippen LogP contribution in [0.15, 0.2) is 0 Å². The lowest BCUT2D eigenvalue weighted by Crippen LogP contribution is -2.59. The number of esters is 1. The predicted octanol–water partition coefficient (Wildman–Crippen LogP) is 1.42. The van der Waals surface area contributed by atoms with Gasteiger partial charge in [-0.3, -0.25) is 4.79 Å². The zero-order valence-corrected chi connectivity index (χ0v) is 13.7. The first-order chi connectivity index (χ1) is 8.97. The number of nitrogens with one attached hydrogen (secondary N) is 1. The van der Waals surface area contributed by atoms with Crippen LogP contribution in [0.25, 0.3) is 0 Å². The van der Waals surface area contributed by atoms with E-state index in [4.69, 9.17) is 4.74 Å². The molecule has 2 fully saturated rings. The summed E-state index contributed by atoms with van der Waals surface area (Å²) in [5.41, 5.74) is -0.399. The summed E-state index contributed by atoms with van der Waals surface area (Å²) in [7, 11) is 0. The van der Waals surface area contributed by atoms with Crippen molar-refractivity contribution in [3.63, 3.8) is 0 Å². The smallest absolute Gasteiger partial charge is 0.325 e. The van der Waals surface area contributed by atoms with Crippen LogP contribution in [0.3, 0.4) is 0 Å². The molecule has 0 amide bonds. The van der Waals surface area contributed by atoms with E-state index in [0.717, 1.165) is 45.6 Å². The van der Waals surface area contributed by atoms with Crippen LogP contribution < -0.4 is 5.32 Å². The first-order valence-electron chi connectivity index (χ1n) is 7.42. The summed E-state index contributed by atoms with van der Waals surface area (Å²) in [6, 6.07) is -0.0916. The quantitative estimate of drug-likeness (QED) is 0.782. The summed E-state index contributed by atoms with van der Waals surface area (Å²) in [5, 5.41) is 7.92. The van der Waals surface area contributed by atoms with Crippen molar-refractivity contribution >= 4 is 18.4 Å². The van der Waals surface area contributed by atoms with Gasteiger partial charge >= 0.3 is 5.97 Å². The highest BCUT2D eigenvalue weighted by atomic mass is 35.5. The van der Waals surface area contributed by atoms with E-state index in [1.165, 1.54) is 6.42 Å². The molecule has 2 heterocycles. The fourth-order valence-corrected chi connectivity index (χ4v) is 2.77. The third kappa shape index (κ3) is 4.88. The van der Waals surface area contributed by atoms with Crippen molar-refractivity contribution in [2.24, 2.45) is 0 Å². The topological polar surface area (TPSA) is 44.8 Å². The largest absolute Gasteiger partial charge is 0.459 e. The second kappa shape index (κ2) is 7.59. The molecule has 5 nitrogen and oxygen atoms in total. The number of rotatable bonds is 2. The average Bonchev–Trinajstić information content (AvgIpc) is 2.38. The van der Waals surface area contributed by atoms with Gasteiger partial charge in [-0.1, -0.05) is 0 Å². The number of carbonyl (C=O) groups excluding carboxylic acids is 1. The van der Waals surface area contributed by atoms with E-state index in [0.29, 0.717) is 0 Å². The lowest BCUT2D eigenvalue weighted by molar-refractivity contribution is -0.175. The van der Waals surface area contributed by atoms with Crippen LogP contribution in [-0.2, 0) is 9.53 Å². The predicted molar refractivity (Wildman–Crippen MR) is 81.9 cm³/mol. The fraction of sp³-hybridized carbons (Fsp3) is 0.929. The molecule has 0 bridgehead atoms. The first-order valence-corrected chi connectivity index (χ1v) is 7.42. The molecule has 1 N–H and O–H groups in total. The maximum Gasteiger partial charge on any atom is 0.325 e. The van der Waals surface area contributed by atoms with Crippen LogP contribution in [0.5, 0.6) is 0 Å². The minimum Gasteiger partial charge on any atom is -0.459 e. The maximum atomic E-state index is 12.4. The standard InChI is InChI=1S/C14H27N3O2.ClH/c1-14(2,3)19-13(18)12-6-4-5-9-17(12)16-10-7-15-8-11-16;/h12,15H,4-11H2,1-3H3;1H. The Hall–Kier alpha value is -0.360. The van der Waals surface area contributed by atoms with E-state index in [1.807, 2.05) is 20.8 Å². The first kappa shape index (κ1) is 17.7. The molecule has 2 aliphatic heterocycles. The van der Waals surface area contributed by atoms with Crippen molar-refractivity contribution in [2.45, 2.75) is 51.7 Å². The number of halogens is 1. The van der Waals surface area contributed by atoms with E-state index >= 15 is 0 Å². The molecule has 20 heavy (non-hydrogen) atoms. The summed E-state index contributed by atoms with van der Waals surface area (Å²) >= 11 is 0. The van der Waals surface area contributed by atoms with Gasteiger partial charge in [-0.05, 0) is 40.0 Å². The number of nitrogens with zero attached hydrogens (tertiary/aromatic N) is 2. The number of piperazine rings is 1. The molecule has 118 valence electrons. The average molecular weight is 306 g/mol. The Bertz CT molecular complexity index is 314. The van der Waals surface area contributed by atoms with Crippen molar-refractivity contribution in [3.05, 3.63) is 0 Å². The monoisotopic (exact) mass is 305 g/mol. The van der Waals surface area contributed by atoms with Crippen LogP contribution in [0, 0.1) is 0 Å².